The fourth-order valence-corrected chi connectivity index (χ4v) is 2.49. The normalized spacial score (nSPS) is 13.7. The molecule has 1 heterocycles. The van der Waals surface area contributed by atoms with Crippen LogP contribution in [0.4, 0.5) is 5.69 Å². The van der Waals surface area contributed by atoms with Gasteiger partial charge in [0.2, 0.25) is 0 Å². The van der Waals surface area contributed by atoms with Crippen molar-refractivity contribution in [2.75, 3.05) is 39.3 Å². The minimum absolute atomic E-state index is 0.415. The Balaban J connectivity index is 2.65. The van der Waals surface area contributed by atoms with Gasteiger partial charge in [0.1, 0.15) is 6.61 Å². The van der Waals surface area contributed by atoms with Crippen LogP contribution in [0, 0.1) is 0 Å². The Morgan fingerprint density at radius 1 is 1.50 bits per heavy atom. The minimum Gasteiger partial charge on any atom is -0.492 e. The standard InChI is InChI=1S/C12H14BrNO4/c1-14-4-5-18-10-8(14)6-7(12(15)17-3)9(13)11(10)16-2/h6H,4-5H2,1-3H3. The van der Waals surface area contributed by atoms with Gasteiger partial charge in [-0.3, -0.25) is 0 Å². The Kier molecular flexibility index (Phi) is 3.65. The third-order valence-electron chi connectivity index (χ3n) is 2.85. The summed E-state index contributed by atoms with van der Waals surface area (Å²) in [6.45, 7) is 1.35. The number of halogens is 1. The molecule has 0 saturated carbocycles. The number of methoxy groups -OCH3 is 2. The number of nitrogens with zero attached hydrogens (tertiary/aromatic N) is 1. The average molecular weight is 316 g/mol. The van der Waals surface area contributed by atoms with E-state index in [0.717, 1.165) is 12.2 Å². The lowest BCUT2D eigenvalue weighted by molar-refractivity contribution is 0.0599. The molecular formula is C12H14BrNO4. The van der Waals surface area contributed by atoms with Gasteiger partial charge in [0.25, 0.3) is 0 Å². The van der Waals surface area contributed by atoms with E-state index in [0.29, 0.717) is 28.1 Å². The summed E-state index contributed by atoms with van der Waals surface area (Å²) in [7, 11) is 4.83. The van der Waals surface area contributed by atoms with Gasteiger partial charge < -0.3 is 19.1 Å². The Hall–Kier alpha value is -1.43. The van der Waals surface area contributed by atoms with Crippen molar-refractivity contribution in [3.63, 3.8) is 0 Å². The number of fused-ring (bicyclic) bond motifs is 1. The highest BCUT2D eigenvalue weighted by Gasteiger charge is 2.26. The van der Waals surface area contributed by atoms with Gasteiger partial charge in [-0.25, -0.2) is 4.79 Å². The third-order valence-corrected chi connectivity index (χ3v) is 3.64. The van der Waals surface area contributed by atoms with Crippen molar-refractivity contribution in [3.8, 4) is 11.5 Å². The zero-order valence-electron chi connectivity index (χ0n) is 10.4. The van der Waals surface area contributed by atoms with Crippen LogP contribution in [-0.2, 0) is 4.74 Å². The van der Waals surface area contributed by atoms with Crippen LogP contribution in [0.25, 0.3) is 0 Å². The van der Waals surface area contributed by atoms with Gasteiger partial charge in [-0.1, -0.05) is 0 Å². The van der Waals surface area contributed by atoms with Crippen LogP contribution >= 0.6 is 15.9 Å². The Bertz CT molecular complexity index is 489. The zero-order valence-corrected chi connectivity index (χ0v) is 12.0. The van der Waals surface area contributed by atoms with E-state index < -0.39 is 5.97 Å². The molecule has 5 nitrogen and oxygen atoms in total. The number of hydrogen-bond donors (Lipinski definition) is 0. The SMILES string of the molecule is COC(=O)c1cc2c(c(OC)c1Br)OCCN2C. The topological polar surface area (TPSA) is 48.0 Å². The van der Waals surface area contributed by atoms with Gasteiger partial charge >= 0.3 is 5.97 Å². The molecule has 0 unspecified atom stereocenters. The third kappa shape index (κ3) is 2.01. The fourth-order valence-electron chi connectivity index (χ4n) is 1.87. The molecule has 1 aromatic rings. The molecular weight excluding hydrogens is 302 g/mol. The molecule has 6 heteroatoms. The second kappa shape index (κ2) is 5.06. The predicted molar refractivity (Wildman–Crippen MR) is 70.8 cm³/mol. The highest BCUT2D eigenvalue weighted by molar-refractivity contribution is 9.10. The lowest BCUT2D eigenvalue weighted by Crippen LogP contribution is -2.29. The molecule has 1 aliphatic rings. The molecule has 0 saturated heterocycles. The number of ether oxygens (including phenoxy) is 3. The molecule has 0 spiro atoms. The van der Waals surface area contributed by atoms with Gasteiger partial charge in [0.15, 0.2) is 11.5 Å². The number of likely N-dealkylation sites (N-methyl/N-ethyl adjacent to an activating group) is 1. The van der Waals surface area contributed by atoms with E-state index in [4.69, 9.17) is 14.2 Å². The van der Waals surface area contributed by atoms with E-state index in [1.165, 1.54) is 7.11 Å². The molecule has 0 amide bonds. The number of rotatable bonds is 2. The quantitative estimate of drug-likeness (QED) is 0.782. The van der Waals surface area contributed by atoms with E-state index >= 15 is 0 Å². The number of esters is 1. The molecule has 0 bridgehead atoms. The number of anilines is 1. The van der Waals surface area contributed by atoms with E-state index in [1.807, 2.05) is 11.9 Å². The predicted octanol–water partition coefficient (Wildman–Crippen LogP) is 2.07. The van der Waals surface area contributed by atoms with Crippen LogP contribution in [0.1, 0.15) is 10.4 Å². The summed E-state index contributed by atoms with van der Waals surface area (Å²) in [5, 5.41) is 0. The first-order valence-electron chi connectivity index (χ1n) is 5.43. The minimum atomic E-state index is -0.415. The van der Waals surface area contributed by atoms with E-state index in [9.17, 15) is 4.79 Å². The van der Waals surface area contributed by atoms with Crippen molar-refractivity contribution < 1.29 is 19.0 Å². The maximum Gasteiger partial charge on any atom is 0.339 e. The summed E-state index contributed by atoms with van der Waals surface area (Å²) in [5.74, 6) is 0.743. The van der Waals surface area contributed by atoms with E-state index in [-0.39, 0.29) is 0 Å². The Morgan fingerprint density at radius 3 is 2.83 bits per heavy atom. The number of carbonyl (C=O) groups excluding carboxylic acids is 1. The van der Waals surface area contributed by atoms with Crippen molar-refractivity contribution >= 4 is 27.6 Å². The van der Waals surface area contributed by atoms with Crippen molar-refractivity contribution in [1.29, 1.82) is 0 Å². The van der Waals surface area contributed by atoms with Crippen LogP contribution in [0.15, 0.2) is 10.5 Å². The summed E-state index contributed by atoms with van der Waals surface area (Å²) in [6.07, 6.45) is 0. The molecule has 18 heavy (non-hydrogen) atoms. The molecule has 0 radical (unpaired) electrons. The largest absolute Gasteiger partial charge is 0.492 e. The first-order chi connectivity index (χ1) is 8.60. The van der Waals surface area contributed by atoms with E-state index in [2.05, 4.69) is 15.9 Å². The highest BCUT2D eigenvalue weighted by atomic mass is 79.9. The lowest BCUT2D eigenvalue weighted by Gasteiger charge is -2.29. The molecule has 0 atom stereocenters. The van der Waals surface area contributed by atoms with Crippen LogP contribution in [0.2, 0.25) is 0 Å². The number of hydrogen-bond acceptors (Lipinski definition) is 5. The molecule has 1 aromatic carbocycles. The van der Waals surface area contributed by atoms with Gasteiger partial charge in [-0.15, -0.1) is 0 Å². The molecule has 0 aromatic heterocycles. The Morgan fingerprint density at radius 2 is 2.22 bits per heavy atom. The monoisotopic (exact) mass is 315 g/mol. The van der Waals surface area contributed by atoms with Crippen LogP contribution < -0.4 is 14.4 Å². The summed E-state index contributed by atoms with van der Waals surface area (Å²) >= 11 is 3.36. The molecule has 0 fully saturated rings. The molecule has 0 aliphatic carbocycles. The number of carbonyl (C=O) groups is 1. The Labute approximate surface area is 114 Å². The summed E-state index contributed by atoms with van der Waals surface area (Å²) < 4.78 is 16.2. The lowest BCUT2D eigenvalue weighted by atomic mass is 10.1. The maximum absolute atomic E-state index is 11.7. The van der Waals surface area contributed by atoms with Crippen molar-refractivity contribution in [2.45, 2.75) is 0 Å². The number of benzene rings is 1. The maximum atomic E-state index is 11.7. The van der Waals surface area contributed by atoms with Crippen molar-refractivity contribution in [3.05, 3.63) is 16.1 Å². The van der Waals surface area contributed by atoms with Crippen molar-refractivity contribution in [1.82, 2.24) is 0 Å². The molecule has 1 aliphatic heterocycles. The van der Waals surface area contributed by atoms with Gasteiger partial charge in [0, 0.05) is 7.05 Å². The second-order valence-electron chi connectivity index (χ2n) is 3.88. The smallest absolute Gasteiger partial charge is 0.339 e. The van der Waals surface area contributed by atoms with Gasteiger partial charge in [-0.2, -0.15) is 0 Å². The average Bonchev–Trinajstić information content (AvgIpc) is 2.38. The van der Waals surface area contributed by atoms with E-state index in [1.54, 1.807) is 13.2 Å². The van der Waals surface area contributed by atoms with Crippen LogP contribution in [0.3, 0.4) is 0 Å². The van der Waals surface area contributed by atoms with Crippen LogP contribution in [0.5, 0.6) is 11.5 Å². The first kappa shape index (κ1) is 13.0. The van der Waals surface area contributed by atoms with Crippen molar-refractivity contribution in [2.24, 2.45) is 0 Å². The van der Waals surface area contributed by atoms with Crippen LogP contribution in [-0.4, -0.2) is 40.4 Å². The second-order valence-corrected chi connectivity index (χ2v) is 4.67. The van der Waals surface area contributed by atoms with Gasteiger partial charge in [-0.05, 0) is 22.0 Å². The summed E-state index contributed by atoms with van der Waals surface area (Å²) in [6, 6.07) is 1.74. The molecule has 0 N–H and O–H groups in total. The fraction of sp³-hybridized carbons (Fsp3) is 0.417. The molecule has 98 valence electrons. The summed E-state index contributed by atoms with van der Waals surface area (Å²) in [5.41, 5.74) is 1.24. The molecule has 2 rings (SSSR count). The van der Waals surface area contributed by atoms with Gasteiger partial charge in [0.05, 0.1) is 36.5 Å². The summed E-state index contributed by atoms with van der Waals surface area (Å²) in [4.78, 5) is 13.7. The zero-order chi connectivity index (χ0) is 13.3. The first-order valence-corrected chi connectivity index (χ1v) is 6.22. The highest BCUT2D eigenvalue weighted by Crippen LogP contribution is 2.46.